The average Bonchev–Trinajstić information content (AvgIpc) is 2.63. The lowest BCUT2D eigenvalue weighted by Gasteiger charge is -2.11. The Bertz CT molecular complexity index is 861. The van der Waals surface area contributed by atoms with Crippen molar-refractivity contribution in [3.8, 4) is 0 Å². The number of thioether (sulfide) groups is 1. The summed E-state index contributed by atoms with van der Waals surface area (Å²) in [5.74, 6) is -3.07. The molecule has 27 heavy (non-hydrogen) atoms. The molecule has 7 nitrogen and oxygen atoms in total. The molecule has 0 fully saturated rings. The zero-order valence-corrected chi connectivity index (χ0v) is 14.8. The molecule has 1 atom stereocenters. The van der Waals surface area contributed by atoms with E-state index in [1.54, 1.807) is 6.92 Å². The summed E-state index contributed by atoms with van der Waals surface area (Å²) in [6.07, 6.45) is 0. The minimum absolute atomic E-state index is 0.0733. The maximum absolute atomic E-state index is 13.4. The smallest absolute Gasteiger partial charge is 0.319 e. The Labute approximate surface area is 156 Å². The van der Waals surface area contributed by atoms with Crippen LogP contribution in [0.5, 0.6) is 0 Å². The van der Waals surface area contributed by atoms with Gasteiger partial charge in [-0.05, 0) is 31.2 Å². The van der Waals surface area contributed by atoms with E-state index in [0.29, 0.717) is 4.90 Å². The summed E-state index contributed by atoms with van der Waals surface area (Å²) in [4.78, 5) is 34.3. The summed E-state index contributed by atoms with van der Waals surface area (Å²) in [5.41, 5.74) is -0.430. The molecular weight excluding hydrogens is 382 g/mol. The largest absolute Gasteiger partial charge is 0.455 e. The zero-order chi connectivity index (χ0) is 20.0. The lowest BCUT2D eigenvalue weighted by Crippen LogP contribution is -2.25. The number of nitro groups is 1. The maximum atomic E-state index is 13.4. The van der Waals surface area contributed by atoms with Gasteiger partial charge in [0.1, 0.15) is 16.9 Å². The number of non-ortho nitro benzene ring substituents is 1. The highest BCUT2D eigenvalue weighted by atomic mass is 32.2. The molecule has 0 heterocycles. The van der Waals surface area contributed by atoms with Gasteiger partial charge in [0.15, 0.2) is 6.61 Å². The second kappa shape index (κ2) is 9.08. The van der Waals surface area contributed by atoms with Crippen molar-refractivity contribution in [2.45, 2.75) is 17.1 Å². The Kier molecular flexibility index (Phi) is 6.83. The summed E-state index contributed by atoms with van der Waals surface area (Å²) in [5, 5.41) is 12.0. The number of nitro benzene ring substituents is 1. The van der Waals surface area contributed by atoms with E-state index < -0.39 is 40.3 Å². The van der Waals surface area contributed by atoms with Crippen LogP contribution in [0.1, 0.15) is 6.92 Å². The Balaban J connectivity index is 1.84. The molecular formula is C17H14F2N2O5S. The van der Waals surface area contributed by atoms with Crippen molar-refractivity contribution in [2.75, 3.05) is 11.9 Å². The van der Waals surface area contributed by atoms with Crippen LogP contribution in [0.25, 0.3) is 0 Å². The predicted molar refractivity (Wildman–Crippen MR) is 94.4 cm³/mol. The second-order valence-electron chi connectivity index (χ2n) is 5.29. The third-order valence-electron chi connectivity index (χ3n) is 3.24. The number of esters is 1. The number of anilines is 1. The van der Waals surface area contributed by atoms with Gasteiger partial charge in [-0.15, -0.1) is 11.8 Å². The Hall–Kier alpha value is -3.01. The third kappa shape index (κ3) is 6.03. The zero-order valence-electron chi connectivity index (χ0n) is 14.0. The van der Waals surface area contributed by atoms with Crippen molar-refractivity contribution in [2.24, 2.45) is 0 Å². The molecule has 2 aromatic carbocycles. The molecule has 0 aromatic heterocycles. The lowest BCUT2D eigenvalue weighted by molar-refractivity contribution is -0.384. The van der Waals surface area contributed by atoms with Crippen LogP contribution in [0.2, 0.25) is 0 Å². The van der Waals surface area contributed by atoms with Crippen LogP contribution >= 0.6 is 11.8 Å². The molecule has 0 aliphatic rings. The average molecular weight is 396 g/mol. The first kappa shape index (κ1) is 20.3. The van der Waals surface area contributed by atoms with Crippen LogP contribution in [-0.4, -0.2) is 28.7 Å². The van der Waals surface area contributed by atoms with Crippen molar-refractivity contribution >= 4 is 35.0 Å². The van der Waals surface area contributed by atoms with E-state index in [4.69, 9.17) is 4.74 Å². The summed E-state index contributed by atoms with van der Waals surface area (Å²) in [7, 11) is 0. The van der Waals surface area contributed by atoms with E-state index in [9.17, 15) is 28.5 Å². The molecule has 0 radical (unpaired) electrons. The number of nitrogens with one attached hydrogen (secondary N) is 1. The van der Waals surface area contributed by atoms with Gasteiger partial charge in [0, 0.05) is 23.1 Å². The topological polar surface area (TPSA) is 98.5 Å². The highest BCUT2D eigenvalue weighted by Crippen LogP contribution is 2.26. The summed E-state index contributed by atoms with van der Waals surface area (Å²) in [6.45, 7) is 0.874. The number of nitrogens with zero attached hydrogens (tertiary/aromatic N) is 1. The Morgan fingerprint density at radius 3 is 2.52 bits per heavy atom. The summed E-state index contributed by atoms with van der Waals surface area (Å²) in [6, 6.07) is 8.17. The first-order valence-electron chi connectivity index (χ1n) is 7.59. The molecule has 0 unspecified atom stereocenters. The Morgan fingerprint density at radius 2 is 1.89 bits per heavy atom. The maximum Gasteiger partial charge on any atom is 0.319 e. The van der Waals surface area contributed by atoms with Crippen LogP contribution in [0, 0.1) is 21.7 Å². The van der Waals surface area contributed by atoms with E-state index in [-0.39, 0.29) is 11.4 Å². The van der Waals surface area contributed by atoms with Gasteiger partial charge in [-0.3, -0.25) is 19.7 Å². The molecule has 0 bridgehead atoms. The number of hydrogen-bond donors (Lipinski definition) is 1. The van der Waals surface area contributed by atoms with Gasteiger partial charge >= 0.3 is 5.97 Å². The minimum Gasteiger partial charge on any atom is -0.455 e. The van der Waals surface area contributed by atoms with Gasteiger partial charge < -0.3 is 10.1 Å². The number of benzene rings is 2. The molecule has 10 heteroatoms. The van der Waals surface area contributed by atoms with Gasteiger partial charge in [0.25, 0.3) is 11.6 Å². The number of ether oxygens (including phenoxy) is 1. The number of hydrogen-bond acceptors (Lipinski definition) is 6. The number of halogens is 2. The SMILES string of the molecule is C[C@H](Sc1ccc([N+](=O)[O-])cc1)C(=O)OCC(=O)Nc1cc(F)ccc1F. The lowest BCUT2D eigenvalue weighted by atomic mass is 10.3. The first-order valence-corrected chi connectivity index (χ1v) is 8.47. The molecule has 1 N–H and O–H groups in total. The molecule has 2 aromatic rings. The highest BCUT2D eigenvalue weighted by molar-refractivity contribution is 8.00. The van der Waals surface area contributed by atoms with Gasteiger partial charge in [-0.2, -0.15) is 0 Å². The predicted octanol–water partition coefficient (Wildman–Crippen LogP) is 3.54. The van der Waals surface area contributed by atoms with Crippen LogP contribution in [-0.2, 0) is 14.3 Å². The number of carbonyl (C=O) groups excluding carboxylic acids is 2. The Morgan fingerprint density at radius 1 is 1.22 bits per heavy atom. The van der Waals surface area contributed by atoms with E-state index in [1.807, 2.05) is 0 Å². The molecule has 1 amide bonds. The molecule has 0 saturated heterocycles. The fourth-order valence-corrected chi connectivity index (χ4v) is 2.80. The van der Waals surface area contributed by atoms with Gasteiger partial charge in [-0.25, -0.2) is 8.78 Å². The molecule has 0 spiro atoms. The number of amides is 1. The molecule has 142 valence electrons. The van der Waals surface area contributed by atoms with Crippen molar-refractivity contribution < 1.29 is 28.0 Å². The number of rotatable bonds is 7. The monoisotopic (exact) mass is 396 g/mol. The van der Waals surface area contributed by atoms with Crippen LogP contribution in [0.4, 0.5) is 20.2 Å². The standard InChI is InChI=1S/C17H14F2N2O5S/c1-10(27-13-5-3-12(4-6-13)21(24)25)17(23)26-9-16(22)20-15-8-11(18)2-7-14(15)19/h2-8,10H,9H2,1H3,(H,20,22)/t10-/m0/s1. The summed E-state index contributed by atoms with van der Waals surface area (Å²) < 4.78 is 31.3. The van der Waals surface area contributed by atoms with Gasteiger partial charge in [0.05, 0.1) is 10.6 Å². The van der Waals surface area contributed by atoms with Crippen molar-refractivity contribution in [3.63, 3.8) is 0 Å². The van der Waals surface area contributed by atoms with Gasteiger partial charge in [-0.1, -0.05) is 0 Å². The van der Waals surface area contributed by atoms with E-state index in [2.05, 4.69) is 5.32 Å². The van der Waals surface area contributed by atoms with Crippen LogP contribution < -0.4 is 5.32 Å². The number of carbonyl (C=O) groups is 2. The third-order valence-corrected chi connectivity index (χ3v) is 4.33. The quantitative estimate of drug-likeness (QED) is 0.333. The van der Waals surface area contributed by atoms with Crippen molar-refractivity contribution in [3.05, 3.63) is 64.2 Å². The fourth-order valence-electron chi connectivity index (χ4n) is 1.93. The van der Waals surface area contributed by atoms with Crippen LogP contribution in [0.3, 0.4) is 0 Å². The van der Waals surface area contributed by atoms with E-state index in [1.165, 1.54) is 24.3 Å². The van der Waals surface area contributed by atoms with E-state index >= 15 is 0 Å². The van der Waals surface area contributed by atoms with Crippen molar-refractivity contribution in [1.29, 1.82) is 0 Å². The van der Waals surface area contributed by atoms with Crippen molar-refractivity contribution in [1.82, 2.24) is 0 Å². The molecule has 0 saturated carbocycles. The second-order valence-corrected chi connectivity index (χ2v) is 6.71. The summed E-state index contributed by atoms with van der Waals surface area (Å²) >= 11 is 1.09. The van der Waals surface area contributed by atoms with Gasteiger partial charge in [0.2, 0.25) is 0 Å². The first-order chi connectivity index (χ1) is 12.8. The minimum atomic E-state index is -0.821. The normalized spacial score (nSPS) is 11.5. The van der Waals surface area contributed by atoms with E-state index in [0.717, 1.165) is 30.0 Å². The fraction of sp³-hybridized carbons (Fsp3) is 0.176. The molecule has 2 rings (SSSR count). The molecule has 0 aliphatic heterocycles. The molecule has 0 aliphatic carbocycles. The van der Waals surface area contributed by atoms with Crippen LogP contribution in [0.15, 0.2) is 47.4 Å². The highest BCUT2D eigenvalue weighted by Gasteiger charge is 2.18.